The summed E-state index contributed by atoms with van der Waals surface area (Å²) in [7, 11) is -4.13. The van der Waals surface area contributed by atoms with Crippen molar-refractivity contribution in [3.05, 3.63) is 95.3 Å². The van der Waals surface area contributed by atoms with Crippen LogP contribution < -0.4 is 9.62 Å². The van der Waals surface area contributed by atoms with Gasteiger partial charge in [-0.25, -0.2) is 12.8 Å². The minimum atomic E-state index is -4.13. The molecule has 0 spiro atoms. The van der Waals surface area contributed by atoms with E-state index in [0.29, 0.717) is 24.2 Å². The van der Waals surface area contributed by atoms with E-state index in [0.717, 1.165) is 21.9 Å². The Bertz CT molecular complexity index is 1360. The predicted molar refractivity (Wildman–Crippen MR) is 151 cm³/mol. The zero-order chi connectivity index (χ0) is 28.6. The van der Waals surface area contributed by atoms with Gasteiger partial charge in [-0.15, -0.1) is 0 Å². The first-order valence-electron chi connectivity index (χ1n) is 13.0. The van der Waals surface area contributed by atoms with Crippen molar-refractivity contribution in [2.24, 2.45) is 0 Å². The van der Waals surface area contributed by atoms with E-state index in [4.69, 9.17) is 0 Å². The number of anilines is 1. The number of hydrogen-bond donors (Lipinski definition) is 1. The first kappa shape index (κ1) is 29.8. The highest BCUT2D eigenvalue weighted by Crippen LogP contribution is 2.27. The molecule has 3 rings (SSSR count). The molecule has 0 saturated carbocycles. The summed E-state index contributed by atoms with van der Waals surface area (Å²) >= 11 is 0. The summed E-state index contributed by atoms with van der Waals surface area (Å²) in [5, 5.41) is 2.84. The van der Waals surface area contributed by atoms with Crippen LogP contribution in [0, 0.1) is 19.7 Å². The predicted octanol–water partition coefficient (Wildman–Crippen LogP) is 4.97. The number of nitrogens with one attached hydrogen (secondary N) is 1. The second-order valence-corrected chi connectivity index (χ2v) is 11.4. The van der Waals surface area contributed by atoms with Crippen molar-refractivity contribution in [3.63, 3.8) is 0 Å². The van der Waals surface area contributed by atoms with E-state index >= 15 is 0 Å². The molecule has 3 aromatic carbocycles. The summed E-state index contributed by atoms with van der Waals surface area (Å²) in [6.07, 6.45) is 1.04. The Balaban J connectivity index is 2.06. The molecule has 208 valence electrons. The number of benzene rings is 3. The number of carbonyl (C=O) groups is 2. The Morgan fingerprint density at radius 1 is 0.923 bits per heavy atom. The van der Waals surface area contributed by atoms with Gasteiger partial charge in [-0.2, -0.15) is 0 Å². The molecule has 39 heavy (non-hydrogen) atoms. The van der Waals surface area contributed by atoms with Gasteiger partial charge in [0.2, 0.25) is 11.8 Å². The average molecular weight is 554 g/mol. The number of hydrogen-bond acceptors (Lipinski definition) is 4. The summed E-state index contributed by atoms with van der Waals surface area (Å²) in [5.41, 5.74) is 2.67. The molecule has 0 radical (unpaired) electrons. The van der Waals surface area contributed by atoms with E-state index in [1.807, 2.05) is 26.8 Å². The van der Waals surface area contributed by atoms with Gasteiger partial charge in [0, 0.05) is 13.1 Å². The van der Waals surface area contributed by atoms with Crippen molar-refractivity contribution >= 4 is 27.5 Å². The van der Waals surface area contributed by atoms with Crippen LogP contribution in [-0.4, -0.2) is 44.3 Å². The van der Waals surface area contributed by atoms with E-state index in [-0.39, 0.29) is 17.3 Å². The van der Waals surface area contributed by atoms with Gasteiger partial charge in [0.1, 0.15) is 18.4 Å². The molecule has 9 heteroatoms. The first-order valence-corrected chi connectivity index (χ1v) is 14.5. The maximum atomic E-state index is 14.0. The van der Waals surface area contributed by atoms with E-state index in [1.165, 1.54) is 29.2 Å². The second kappa shape index (κ2) is 13.4. The van der Waals surface area contributed by atoms with Crippen molar-refractivity contribution in [2.45, 2.75) is 58.0 Å². The lowest BCUT2D eigenvalue weighted by Crippen LogP contribution is -2.52. The van der Waals surface area contributed by atoms with Crippen molar-refractivity contribution in [1.82, 2.24) is 10.2 Å². The first-order chi connectivity index (χ1) is 18.6. The number of nitrogens with zero attached hydrogens (tertiary/aromatic N) is 2. The lowest BCUT2D eigenvalue weighted by molar-refractivity contribution is -0.140. The van der Waals surface area contributed by atoms with Crippen LogP contribution in [0.3, 0.4) is 0 Å². The molecule has 0 aliphatic heterocycles. The Labute approximate surface area is 230 Å². The summed E-state index contributed by atoms with van der Waals surface area (Å²) < 4.78 is 42.4. The molecule has 1 N–H and O–H groups in total. The maximum Gasteiger partial charge on any atom is 0.264 e. The van der Waals surface area contributed by atoms with Gasteiger partial charge in [0.25, 0.3) is 10.0 Å². The molecule has 2 amide bonds. The van der Waals surface area contributed by atoms with Crippen LogP contribution in [0.1, 0.15) is 43.4 Å². The molecule has 0 aliphatic rings. The van der Waals surface area contributed by atoms with Gasteiger partial charge in [-0.05, 0) is 79.8 Å². The summed E-state index contributed by atoms with van der Waals surface area (Å²) in [4.78, 5) is 28.5. The van der Waals surface area contributed by atoms with Crippen molar-refractivity contribution in [2.75, 3.05) is 17.4 Å². The van der Waals surface area contributed by atoms with Gasteiger partial charge in [0.15, 0.2) is 0 Å². The number of amides is 2. The van der Waals surface area contributed by atoms with Crippen LogP contribution in [0.15, 0.2) is 77.7 Å². The van der Waals surface area contributed by atoms with Crippen LogP contribution in [-0.2, 0) is 26.2 Å². The van der Waals surface area contributed by atoms with Crippen LogP contribution in [0.25, 0.3) is 0 Å². The molecule has 0 bridgehead atoms. The summed E-state index contributed by atoms with van der Waals surface area (Å²) in [6.45, 7) is 7.39. The van der Waals surface area contributed by atoms with E-state index in [1.54, 1.807) is 49.4 Å². The molecule has 0 aromatic heterocycles. The van der Waals surface area contributed by atoms with E-state index < -0.39 is 34.3 Å². The summed E-state index contributed by atoms with van der Waals surface area (Å²) in [6, 6.07) is 18.1. The molecule has 3 aromatic rings. The molecular formula is C30H36FN3O4S. The Hall–Kier alpha value is -3.72. The third kappa shape index (κ3) is 7.66. The zero-order valence-electron chi connectivity index (χ0n) is 22.9. The lowest BCUT2D eigenvalue weighted by Gasteiger charge is -2.33. The molecule has 1 atom stereocenters. The molecule has 7 nitrogen and oxygen atoms in total. The Morgan fingerprint density at radius 3 is 2.10 bits per heavy atom. The third-order valence-corrected chi connectivity index (χ3v) is 8.09. The Morgan fingerprint density at radius 2 is 1.54 bits per heavy atom. The summed E-state index contributed by atoms with van der Waals surface area (Å²) in [5.74, 6) is -1.28. The zero-order valence-corrected chi connectivity index (χ0v) is 23.7. The fourth-order valence-electron chi connectivity index (χ4n) is 4.42. The highest BCUT2D eigenvalue weighted by molar-refractivity contribution is 7.92. The smallest absolute Gasteiger partial charge is 0.264 e. The van der Waals surface area contributed by atoms with E-state index in [2.05, 4.69) is 5.32 Å². The van der Waals surface area contributed by atoms with E-state index in [9.17, 15) is 22.4 Å². The lowest BCUT2D eigenvalue weighted by atomic mass is 10.1. The molecule has 0 saturated heterocycles. The van der Waals surface area contributed by atoms with Crippen molar-refractivity contribution in [1.29, 1.82) is 0 Å². The van der Waals surface area contributed by atoms with Gasteiger partial charge in [-0.1, -0.05) is 50.2 Å². The largest absolute Gasteiger partial charge is 0.354 e. The Kier molecular flexibility index (Phi) is 10.2. The number of halogens is 1. The average Bonchev–Trinajstić information content (AvgIpc) is 2.91. The molecule has 0 fully saturated rings. The van der Waals surface area contributed by atoms with Crippen LogP contribution in [0.5, 0.6) is 0 Å². The number of sulfonamides is 1. The van der Waals surface area contributed by atoms with Crippen molar-refractivity contribution in [3.8, 4) is 0 Å². The number of aryl methyl sites for hydroxylation is 2. The number of rotatable bonds is 12. The third-order valence-electron chi connectivity index (χ3n) is 6.31. The quantitative estimate of drug-likeness (QED) is 0.343. The van der Waals surface area contributed by atoms with Crippen molar-refractivity contribution < 1.29 is 22.4 Å². The van der Waals surface area contributed by atoms with Crippen LogP contribution in [0.4, 0.5) is 10.1 Å². The van der Waals surface area contributed by atoms with Gasteiger partial charge >= 0.3 is 0 Å². The highest BCUT2D eigenvalue weighted by atomic mass is 32.2. The molecule has 0 unspecified atom stereocenters. The maximum absolute atomic E-state index is 14.0. The monoisotopic (exact) mass is 553 g/mol. The standard InChI is InChI=1S/C30H36FN3O4S/c1-5-16-32-30(36)28(6-2)33(20-24-12-14-25(31)15-13-24)29(35)21-34(26-18-22(3)17-23(4)19-26)39(37,38)27-10-8-7-9-11-27/h7-15,17-19,28H,5-6,16,20-21H2,1-4H3,(H,32,36)/t28-/m1/s1. The SMILES string of the molecule is CCCNC(=O)[C@@H](CC)N(Cc1ccc(F)cc1)C(=O)CN(c1cc(C)cc(C)c1)S(=O)(=O)c1ccccc1. The molecular weight excluding hydrogens is 517 g/mol. The van der Waals surface area contributed by atoms with Crippen LogP contribution >= 0.6 is 0 Å². The number of carbonyl (C=O) groups excluding carboxylic acids is 2. The van der Waals surface area contributed by atoms with Gasteiger partial charge in [-0.3, -0.25) is 13.9 Å². The highest BCUT2D eigenvalue weighted by Gasteiger charge is 2.33. The molecule has 0 aliphatic carbocycles. The topological polar surface area (TPSA) is 86.8 Å². The van der Waals surface area contributed by atoms with Crippen LogP contribution in [0.2, 0.25) is 0 Å². The normalized spacial score (nSPS) is 12.0. The molecule has 0 heterocycles. The van der Waals surface area contributed by atoms with Gasteiger partial charge in [0.05, 0.1) is 10.6 Å². The fourth-order valence-corrected chi connectivity index (χ4v) is 5.83. The second-order valence-electron chi connectivity index (χ2n) is 9.53. The fraction of sp³-hybridized carbons (Fsp3) is 0.333. The van der Waals surface area contributed by atoms with Gasteiger partial charge < -0.3 is 10.2 Å². The minimum absolute atomic E-state index is 0.0171. The minimum Gasteiger partial charge on any atom is -0.354 e.